The molecule has 1 saturated heterocycles. The molecule has 0 aromatic carbocycles. The molecule has 0 amide bonds. The van der Waals surface area contributed by atoms with Crippen molar-refractivity contribution in [3.05, 3.63) is 6.20 Å². The minimum absolute atomic E-state index is 0.534. The molecule has 1 aliphatic heterocycles. The highest BCUT2D eigenvalue weighted by Gasteiger charge is 2.24. The third kappa shape index (κ3) is 2.60. The number of aromatic nitrogens is 1. The van der Waals surface area contributed by atoms with E-state index in [0.29, 0.717) is 12.0 Å². The Balaban J connectivity index is 1.94. The van der Waals surface area contributed by atoms with Crippen LogP contribution in [-0.4, -0.2) is 36.1 Å². The number of rotatable bonds is 2. The van der Waals surface area contributed by atoms with E-state index in [-0.39, 0.29) is 0 Å². The van der Waals surface area contributed by atoms with Gasteiger partial charge in [-0.15, -0.1) is 0 Å². The minimum Gasteiger partial charge on any atom is -0.389 e. The maximum Gasteiger partial charge on any atom is 0.184 e. The van der Waals surface area contributed by atoms with Crippen LogP contribution in [0.15, 0.2) is 6.20 Å². The first-order chi connectivity index (χ1) is 7.15. The molecule has 1 aromatic heterocycles. The molecule has 0 spiro atoms. The first-order valence-electron chi connectivity index (χ1n) is 5.31. The van der Waals surface area contributed by atoms with Crippen LogP contribution in [0.4, 0.5) is 10.1 Å². The van der Waals surface area contributed by atoms with Gasteiger partial charge in [-0.25, -0.2) is 4.98 Å². The number of thiazole rings is 1. The van der Waals surface area contributed by atoms with Crippen molar-refractivity contribution in [3.8, 4) is 0 Å². The van der Waals surface area contributed by atoms with Gasteiger partial charge in [0, 0.05) is 12.6 Å². The third-order valence-electron chi connectivity index (χ3n) is 2.94. The van der Waals surface area contributed by atoms with Gasteiger partial charge in [0.2, 0.25) is 0 Å². The molecule has 15 heavy (non-hydrogen) atoms. The van der Waals surface area contributed by atoms with Gasteiger partial charge in [0.1, 0.15) is 5.00 Å². The molecule has 1 aromatic rings. The molecule has 3 N–H and O–H groups in total. The van der Waals surface area contributed by atoms with Gasteiger partial charge in [-0.05, 0) is 25.9 Å². The zero-order valence-electron chi connectivity index (χ0n) is 9.23. The Morgan fingerprint density at radius 2 is 2.47 bits per heavy atom. The molecular weight excluding hydrogens is 208 g/mol. The monoisotopic (exact) mass is 226 g/mol. The first kappa shape index (κ1) is 10.7. The fourth-order valence-electron chi connectivity index (χ4n) is 2.08. The predicted molar refractivity (Wildman–Crippen MR) is 65.2 cm³/mol. The molecule has 84 valence electrons. The van der Waals surface area contributed by atoms with Crippen molar-refractivity contribution in [1.29, 1.82) is 0 Å². The van der Waals surface area contributed by atoms with E-state index in [1.165, 1.54) is 17.8 Å². The lowest BCUT2D eigenvalue weighted by Gasteiger charge is -2.35. The van der Waals surface area contributed by atoms with Crippen molar-refractivity contribution >= 4 is 21.5 Å². The van der Waals surface area contributed by atoms with Crippen molar-refractivity contribution in [2.24, 2.45) is 5.92 Å². The number of nitrogens with zero attached hydrogens (tertiary/aromatic N) is 2. The van der Waals surface area contributed by atoms with Crippen LogP contribution in [0.2, 0.25) is 0 Å². The first-order valence-corrected chi connectivity index (χ1v) is 6.13. The highest BCUT2D eigenvalue weighted by molar-refractivity contribution is 7.19. The Kier molecular flexibility index (Phi) is 3.11. The zero-order chi connectivity index (χ0) is 10.8. The number of nitrogens with two attached hydrogens (primary N) is 1. The van der Waals surface area contributed by atoms with E-state index >= 15 is 0 Å². The van der Waals surface area contributed by atoms with Crippen molar-refractivity contribution in [2.75, 3.05) is 31.2 Å². The van der Waals surface area contributed by atoms with Gasteiger partial charge in [0.25, 0.3) is 0 Å². The molecule has 4 nitrogen and oxygen atoms in total. The Labute approximate surface area is 94.5 Å². The maximum atomic E-state index is 5.65. The lowest BCUT2D eigenvalue weighted by atomic mass is 9.94. The molecule has 1 aliphatic rings. The summed E-state index contributed by atoms with van der Waals surface area (Å²) in [6, 6.07) is 0.534. The number of hydrogen-bond donors (Lipinski definition) is 2. The largest absolute Gasteiger partial charge is 0.389 e. The van der Waals surface area contributed by atoms with Gasteiger partial charge in [0.15, 0.2) is 5.13 Å². The highest BCUT2D eigenvalue weighted by Crippen LogP contribution is 2.24. The smallest absolute Gasteiger partial charge is 0.184 e. The van der Waals surface area contributed by atoms with Crippen molar-refractivity contribution in [3.63, 3.8) is 0 Å². The standard InChI is InChI=1S/C10H18N4S/c1-7-6-14(2)4-3-8(7)13-10-12-5-9(11)15-10/h5,7-8H,3-4,6,11H2,1-2H3,(H,12,13). The second-order valence-corrected chi connectivity index (χ2v) is 5.41. The van der Waals surface area contributed by atoms with E-state index in [9.17, 15) is 0 Å². The molecule has 0 aliphatic carbocycles. The van der Waals surface area contributed by atoms with Gasteiger partial charge in [0.05, 0.1) is 6.20 Å². The number of piperidine rings is 1. The topological polar surface area (TPSA) is 54.2 Å². The Hall–Kier alpha value is -0.810. The SMILES string of the molecule is CC1CN(C)CCC1Nc1ncc(N)s1. The van der Waals surface area contributed by atoms with E-state index in [2.05, 4.69) is 29.2 Å². The quantitative estimate of drug-likeness (QED) is 0.802. The number of hydrogen-bond acceptors (Lipinski definition) is 5. The van der Waals surface area contributed by atoms with Gasteiger partial charge in [-0.2, -0.15) is 0 Å². The maximum absolute atomic E-state index is 5.65. The fraction of sp³-hybridized carbons (Fsp3) is 0.700. The van der Waals surface area contributed by atoms with Gasteiger partial charge >= 0.3 is 0 Å². The van der Waals surface area contributed by atoms with Crippen LogP contribution in [0, 0.1) is 5.92 Å². The summed E-state index contributed by atoms with van der Waals surface area (Å²) < 4.78 is 0. The van der Waals surface area contributed by atoms with Crippen molar-refractivity contribution in [1.82, 2.24) is 9.88 Å². The average molecular weight is 226 g/mol. The second kappa shape index (κ2) is 4.37. The summed E-state index contributed by atoms with van der Waals surface area (Å²) in [6.45, 7) is 4.59. The average Bonchev–Trinajstić information content (AvgIpc) is 2.56. The molecule has 5 heteroatoms. The van der Waals surface area contributed by atoms with E-state index in [4.69, 9.17) is 5.73 Å². The molecule has 0 bridgehead atoms. The number of nitrogens with one attached hydrogen (secondary N) is 1. The van der Waals surface area contributed by atoms with E-state index in [0.717, 1.165) is 23.2 Å². The number of nitrogen functional groups attached to an aromatic ring is 1. The Morgan fingerprint density at radius 1 is 1.67 bits per heavy atom. The van der Waals surface area contributed by atoms with Crippen molar-refractivity contribution in [2.45, 2.75) is 19.4 Å². The molecular formula is C10H18N4S. The predicted octanol–water partition coefficient (Wildman–Crippen LogP) is 1.48. The van der Waals surface area contributed by atoms with Crippen molar-refractivity contribution < 1.29 is 0 Å². The second-order valence-electron chi connectivity index (χ2n) is 4.35. The van der Waals surface area contributed by atoms with Gasteiger partial charge in [-0.1, -0.05) is 18.3 Å². The number of likely N-dealkylation sites (tertiary alicyclic amines) is 1. The van der Waals surface area contributed by atoms with Crippen LogP contribution in [0.25, 0.3) is 0 Å². The zero-order valence-corrected chi connectivity index (χ0v) is 10.0. The number of anilines is 2. The lowest BCUT2D eigenvalue weighted by Crippen LogP contribution is -2.43. The molecule has 2 rings (SSSR count). The molecule has 2 atom stereocenters. The molecule has 0 saturated carbocycles. The Bertz CT molecular complexity index is 325. The van der Waals surface area contributed by atoms with Gasteiger partial charge in [-0.3, -0.25) is 0 Å². The highest BCUT2D eigenvalue weighted by atomic mass is 32.1. The molecule has 2 heterocycles. The van der Waals surface area contributed by atoms with Crippen LogP contribution in [0.1, 0.15) is 13.3 Å². The summed E-state index contributed by atoms with van der Waals surface area (Å²) >= 11 is 1.53. The summed E-state index contributed by atoms with van der Waals surface area (Å²) in [6.07, 6.45) is 2.89. The molecule has 1 fully saturated rings. The normalized spacial score (nSPS) is 27.9. The minimum atomic E-state index is 0.534. The van der Waals surface area contributed by atoms with Crippen LogP contribution in [-0.2, 0) is 0 Å². The van der Waals surface area contributed by atoms with E-state index in [1.54, 1.807) is 6.20 Å². The van der Waals surface area contributed by atoms with Crippen LogP contribution < -0.4 is 11.1 Å². The Morgan fingerprint density at radius 3 is 3.07 bits per heavy atom. The summed E-state index contributed by atoms with van der Waals surface area (Å²) in [5, 5.41) is 5.20. The summed E-state index contributed by atoms with van der Waals surface area (Å²) in [7, 11) is 2.17. The summed E-state index contributed by atoms with van der Waals surface area (Å²) in [5.74, 6) is 0.661. The fourth-order valence-corrected chi connectivity index (χ4v) is 2.72. The summed E-state index contributed by atoms with van der Waals surface area (Å²) in [5.41, 5.74) is 5.65. The molecule has 0 radical (unpaired) electrons. The van der Waals surface area contributed by atoms with Gasteiger partial charge < -0.3 is 16.0 Å². The summed E-state index contributed by atoms with van der Waals surface area (Å²) in [4.78, 5) is 6.61. The van der Waals surface area contributed by atoms with Crippen LogP contribution in [0.3, 0.4) is 0 Å². The molecule has 2 unspecified atom stereocenters. The van der Waals surface area contributed by atoms with Crippen LogP contribution >= 0.6 is 11.3 Å². The third-order valence-corrected chi connectivity index (χ3v) is 3.70. The lowest BCUT2D eigenvalue weighted by molar-refractivity contribution is 0.206. The van der Waals surface area contributed by atoms with E-state index in [1.807, 2.05) is 0 Å². The van der Waals surface area contributed by atoms with E-state index < -0.39 is 0 Å². The van der Waals surface area contributed by atoms with Crippen LogP contribution in [0.5, 0.6) is 0 Å².